The van der Waals surface area contributed by atoms with Gasteiger partial charge in [0.05, 0.1) is 5.02 Å². The van der Waals surface area contributed by atoms with Crippen LogP contribution in [0.15, 0.2) is 16.6 Å². The van der Waals surface area contributed by atoms with Crippen LogP contribution in [-0.2, 0) is 0 Å². The Kier molecular flexibility index (Phi) is 4.84. The molecule has 0 unspecified atom stereocenters. The zero-order valence-corrected chi connectivity index (χ0v) is 12.7. The van der Waals surface area contributed by atoms with E-state index in [9.17, 15) is 18.3 Å². The molecule has 1 saturated heterocycles. The highest BCUT2D eigenvalue weighted by molar-refractivity contribution is 9.10. The molecule has 20 heavy (non-hydrogen) atoms. The van der Waals surface area contributed by atoms with E-state index in [0.29, 0.717) is 13.1 Å². The fraction of sp³-hybridized carbons (Fsp3) is 0.500. The lowest BCUT2D eigenvalue weighted by Crippen LogP contribution is -2.49. The normalized spacial score (nSPS) is 19.1. The molecule has 0 radical (unpaired) electrons. The summed E-state index contributed by atoms with van der Waals surface area (Å²) < 4.78 is 40.5. The third-order valence-corrected chi connectivity index (χ3v) is 4.21. The van der Waals surface area contributed by atoms with E-state index in [2.05, 4.69) is 21.2 Å². The molecule has 2 rings (SSSR count). The van der Waals surface area contributed by atoms with Crippen LogP contribution in [0.4, 0.5) is 13.2 Å². The third kappa shape index (κ3) is 3.21. The molecule has 1 aliphatic rings. The number of rotatable bonds is 2. The predicted molar refractivity (Wildman–Crippen MR) is 74.1 cm³/mol. The lowest BCUT2D eigenvalue weighted by Gasteiger charge is -2.36. The maximum atomic E-state index is 13.4. The summed E-state index contributed by atoms with van der Waals surface area (Å²) in [5, 5.41) is 12.9. The number of phenols is 1. The van der Waals surface area contributed by atoms with Gasteiger partial charge in [0.1, 0.15) is 11.8 Å². The van der Waals surface area contributed by atoms with Gasteiger partial charge in [0.2, 0.25) is 0 Å². The van der Waals surface area contributed by atoms with E-state index in [-0.39, 0.29) is 28.1 Å². The number of aromatic hydroxyl groups is 1. The van der Waals surface area contributed by atoms with Crippen LogP contribution in [0, 0.1) is 0 Å². The molecule has 1 aromatic rings. The minimum absolute atomic E-state index is 0.0902. The number of piperazine rings is 1. The van der Waals surface area contributed by atoms with Crippen molar-refractivity contribution in [2.45, 2.75) is 12.2 Å². The van der Waals surface area contributed by atoms with Gasteiger partial charge in [-0.25, -0.2) is 0 Å². The van der Waals surface area contributed by atoms with Crippen LogP contribution in [-0.4, -0.2) is 42.4 Å². The van der Waals surface area contributed by atoms with E-state index in [1.807, 2.05) is 0 Å². The van der Waals surface area contributed by atoms with Crippen LogP contribution in [0.3, 0.4) is 0 Å². The van der Waals surface area contributed by atoms with Crippen LogP contribution in [0.2, 0.25) is 5.02 Å². The SMILES string of the molecule is Oc1c(Cl)ccc(Br)c1[C@H](N1CCNCC1)C(F)(F)F. The first-order valence-electron chi connectivity index (χ1n) is 6.00. The largest absolute Gasteiger partial charge is 0.506 e. The molecule has 0 spiro atoms. The van der Waals surface area contributed by atoms with Gasteiger partial charge in [0.25, 0.3) is 0 Å². The van der Waals surface area contributed by atoms with Crippen molar-refractivity contribution in [2.24, 2.45) is 0 Å². The number of nitrogens with zero attached hydrogens (tertiary/aromatic N) is 1. The van der Waals surface area contributed by atoms with E-state index in [1.165, 1.54) is 17.0 Å². The van der Waals surface area contributed by atoms with Gasteiger partial charge in [-0.15, -0.1) is 0 Å². The molecule has 1 fully saturated rings. The minimum Gasteiger partial charge on any atom is -0.506 e. The van der Waals surface area contributed by atoms with Crippen molar-refractivity contribution in [1.82, 2.24) is 10.2 Å². The van der Waals surface area contributed by atoms with Gasteiger partial charge in [-0.05, 0) is 12.1 Å². The standard InChI is InChI=1S/C12H13BrClF3N2O/c13-7-1-2-8(14)10(20)9(7)11(12(15,16)17)19-5-3-18-4-6-19/h1-2,11,18,20H,3-6H2/t11-/m0/s1. The van der Waals surface area contributed by atoms with Crippen LogP contribution in [0.1, 0.15) is 11.6 Å². The summed E-state index contributed by atoms with van der Waals surface area (Å²) in [7, 11) is 0. The summed E-state index contributed by atoms with van der Waals surface area (Å²) in [4.78, 5) is 1.30. The topological polar surface area (TPSA) is 35.5 Å². The summed E-state index contributed by atoms with van der Waals surface area (Å²) in [6.45, 7) is 1.46. The first-order chi connectivity index (χ1) is 9.32. The van der Waals surface area contributed by atoms with E-state index >= 15 is 0 Å². The minimum atomic E-state index is -4.50. The number of alkyl halides is 3. The Morgan fingerprint density at radius 3 is 2.45 bits per heavy atom. The summed E-state index contributed by atoms with van der Waals surface area (Å²) in [6, 6.07) is 0.895. The Bertz CT molecular complexity index is 492. The molecular weight excluding hydrogens is 360 g/mol. The van der Waals surface area contributed by atoms with Crippen molar-refractivity contribution in [3.63, 3.8) is 0 Å². The highest BCUT2D eigenvalue weighted by atomic mass is 79.9. The van der Waals surface area contributed by atoms with E-state index in [0.717, 1.165) is 0 Å². The molecule has 1 heterocycles. The summed E-state index contributed by atoms with van der Waals surface area (Å²) in [6.07, 6.45) is -4.50. The average molecular weight is 374 g/mol. The predicted octanol–water partition coefficient (Wildman–Crippen LogP) is 3.32. The number of hydrogen-bond acceptors (Lipinski definition) is 3. The van der Waals surface area contributed by atoms with Crippen LogP contribution >= 0.6 is 27.5 Å². The van der Waals surface area contributed by atoms with Crippen molar-refractivity contribution >= 4 is 27.5 Å². The van der Waals surface area contributed by atoms with Crippen molar-refractivity contribution < 1.29 is 18.3 Å². The van der Waals surface area contributed by atoms with Crippen molar-refractivity contribution in [2.75, 3.05) is 26.2 Å². The Morgan fingerprint density at radius 1 is 1.30 bits per heavy atom. The van der Waals surface area contributed by atoms with Crippen molar-refractivity contribution in [1.29, 1.82) is 0 Å². The maximum absolute atomic E-state index is 13.4. The van der Waals surface area contributed by atoms with Gasteiger partial charge in [-0.3, -0.25) is 4.90 Å². The van der Waals surface area contributed by atoms with Gasteiger partial charge < -0.3 is 10.4 Å². The van der Waals surface area contributed by atoms with E-state index in [1.54, 1.807) is 0 Å². The molecule has 112 valence electrons. The van der Waals surface area contributed by atoms with Crippen molar-refractivity contribution in [3.8, 4) is 5.75 Å². The molecule has 1 aromatic carbocycles. The molecule has 0 saturated carbocycles. The second-order valence-corrected chi connectivity index (χ2v) is 5.78. The van der Waals surface area contributed by atoms with Gasteiger partial charge in [0, 0.05) is 36.2 Å². The van der Waals surface area contributed by atoms with Crippen molar-refractivity contribution in [3.05, 3.63) is 27.2 Å². The van der Waals surface area contributed by atoms with Crippen LogP contribution < -0.4 is 5.32 Å². The van der Waals surface area contributed by atoms with Crippen LogP contribution in [0.5, 0.6) is 5.75 Å². The zero-order chi connectivity index (χ0) is 14.9. The molecule has 2 N–H and O–H groups in total. The Hall–Kier alpha value is -0.500. The fourth-order valence-electron chi connectivity index (χ4n) is 2.31. The number of halogens is 5. The second kappa shape index (κ2) is 6.09. The smallest absolute Gasteiger partial charge is 0.408 e. The van der Waals surface area contributed by atoms with E-state index < -0.39 is 18.0 Å². The monoisotopic (exact) mass is 372 g/mol. The van der Waals surface area contributed by atoms with Gasteiger partial charge >= 0.3 is 6.18 Å². The highest BCUT2D eigenvalue weighted by Crippen LogP contribution is 2.46. The first kappa shape index (κ1) is 15.9. The maximum Gasteiger partial charge on any atom is 0.408 e. The first-order valence-corrected chi connectivity index (χ1v) is 7.18. The van der Waals surface area contributed by atoms with Gasteiger partial charge in [-0.2, -0.15) is 13.2 Å². The average Bonchev–Trinajstić information content (AvgIpc) is 2.39. The molecule has 0 bridgehead atoms. The Labute approximate surface area is 127 Å². The van der Waals surface area contributed by atoms with Crippen LogP contribution in [0.25, 0.3) is 0 Å². The third-order valence-electron chi connectivity index (χ3n) is 3.21. The quantitative estimate of drug-likeness (QED) is 0.835. The Balaban J connectivity index is 2.49. The molecular formula is C12H13BrClF3N2O. The lowest BCUT2D eigenvalue weighted by molar-refractivity contribution is -0.188. The number of hydrogen-bond donors (Lipinski definition) is 2. The van der Waals surface area contributed by atoms with E-state index in [4.69, 9.17) is 11.6 Å². The molecule has 0 amide bonds. The summed E-state index contributed by atoms with van der Waals surface area (Å²) in [5.74, 6) is -0.526. The highest BCUT2D eigenvalue weighted by Gasteiger charge is 2.47. The Morgan fingerprint density at radius 2 is 1.90 bits per heavy atom. The molecule has 0 aromatic heterocycles. The lowest BCUT2D eigenvalue weighted by atomic mass is 10.0. The van der Waals surface area contributed by atoms with Gasteiger partial charge in [0.15, 0.2) is 0 Å². The summed E-state index contributed by atoms with van der Waals surface area (Å²) >= 11 is 8.83. The molecule has 0 aliphatic carbocycles. The number of phenolic OH excluding ortho intramolecular Hbond substituents is 1. The van der Waals surface area contributed by atoms with Gasteiger partial charge in [-0.1, -0.05) is 27.5 Å². The fourth-order valence-corrected chi connectivity index (χ4v) is 3.01. The molecule has 1 aliphatic heterocycles. The molecule has 8 heteroatoms. The summed E-state index contributed by atoms with van der Waals surface area (Å²) in [5.41, 5.74) is -0.230. The molecule has 1 atom stereocenters. The number of benzene rings is 1. The molecule has 3 nitrogen and oxygen atoms in total. The zero-order valence-electron chi connectivity index (χ0n) is 10.3. The second-order valence-electron chi connectivity index (χ2n) is 4.52. The number of nitrogens with one attached hydrogen (secondary N) is 1.